The van der Waals surface area contributed by atoms with Crippen LogP contribution in [0, 0.1) is 0 Å². The minimum Gasteiger partial charge on any atom is -0.352 e. The number of hydrogen-bond acceptors (Lipinski definition) is 2. The third-order valence-corrected chi connectivity index (χ3v) is 6.53. The molecule has 0 unspecified atom stereocenters. The third kappa shape index (κ3) is 5.47. The molecular weight excluding hydrogens is 352 g/mol. The third-order valence-electron chi connectivity index (χ3n) is 6.53. The number of rotatable bonds is 7. The molecule has 154 valence electrons. The lowest BCUT2D eigenvalue weighted by atomic mass is 9.79. The molecular formula is C22H35N4O2+. The van der Waals surface area contributed by atoms with Gasteiger partial charge in [-0.15, -0.1) is 0 Å². The molecule has 1 heterocycles. The number of amides is 3. The van der Waals surface area contributed by atoms with Crippen molar-refractivity contribution in [3.05, 3.63) is 35.9 Å². The summed E-state index contributed by atoms with van der Waals surface area (Å²) in [6, 6.07) is 8.43. The van der Waals surface area contributed by atoms with Gasteiger partial charge in [-0.05, 0) is 37.7 Å². The summed E-state index contributed by atoms with van der Waals surface area (Å²) >= 11 is 0. The number of urea groups is 1. The lowest BCUT2D eigenvalue weighted by Crippen LogP contribution is -3.22. The molecule has 1 atom stereocenters. The summed E-state index contributed by atoms with van der Waals surface area (Å²) in [5.74, 6) is -0.135. The number of carbonyl (C=O) groups is 2. The molecule has 2 fully saturated rings. The molecule has 6 heteroatoms. The highest BCUT2D eigenvalue weighted by Gasteiger charge is 2.42. The zero-order valence-electron chi connectivity index (χ0n) is 16.8. The van der Waals surface area contributed by atoms with Gasteiger partial charge in [-0.2, -0.15) is 0 Å². The fraction of sp³-hybridized carbons (Fsp3) is 0.636. The molecule has 1 aliphatic carbocycles. The van der Waals surface area contributed by atoms with E-state index in [0.717, 1.165) is 5.56 Å². The molecule has 0 spiro atoms. The van der Waals surface area contributed by atoms with Crippen molar-refractivity contribution in [3.63, 3.8) is 0 Å². The van der Waals surface area contributed by atoms with E-state index in [1.54, 1.807) is 4.90 Å². The molecule has 28 heavy (non-hydrogen) atoms. The first kappa shape index (κ1) is 20.6. The van der Waals surface area contributed by atoms with Crippen LogP contribution in [0.25, 0.3) is 0 Å². The zero-order chi connectivity index (χ0) is 19.8. The van der Waals surface area contributed by atoms with Crippen LogP contribution in [-0.4, -0.2) is 43.2 Å². The van der Waals surface area contributed by atoms with E-state index in [0.29, 0.717) is 13.0 Å². The molecule has 1 aromatic carbocycles. The van der Waals surface area contributed by atoms with Gasteiger partial charge < -0.3 is 21.3 Å². The lowest BCUT2D eigenvalue weighted by Gasteiger charge is -2.45. The molecule has 3 rings (SSSR count). The maximum absolute atomic E-state index is 13.0. The Morgan fingerprint density at radius 2 is 1.64 bits per heavy atom. The van der Waals surface area contributed by atoms with E-state index in [2.05, 4.69) is 10.6 Å². The fourth-order valence-corrected chi connectivity index (χ4v) is 5.00. The summed E-state index contributed by atoms with van der Waals surface area (Å²) in [6.45, 7) is 3.11. The lowest BCUT2D eigenvalue weighted by molar-refractivity contribution is -0.957. The van der Waals surface area contributed by atoms with Crippen molar-refractivity contribution in [1.82, 2.24) is 10.6 Å². The second-order valence-electron chi connectivity index (χ2n) is 8.47. The van der Waals surface area contributed by atoms with Gasteiger partial charge in [-0.1, -0.05) is 36.8 Å². The molecule has 1 saturated heterocycles. The summed E-state index contributed by atoms with van der Waals surface area (Å²) in [5, 5.41) is 5.81. The first-order valence-electron chi connectivity index (χ1n) is 10.8. The number of primary amides is 1. The number of piperidine rings is 1. The van der Waals surface area contributed by atoms with Crippen LogP contribution in [-0.2, 0) is 11.2 Å². The zero-order valence-corrected chi connectivity index (χ0v) is 16.8. The van der Waals surface area contributed by atoms with Crippen LogP contribution in [0.3, 0.4) is 0 Å². The van der Waals surface area contributed by atoms with Crippen LogP contribution in [0.1, 0.15) is 56.9 Å². The van der Waals surface area contributed by atoms with Crippen LogP contribution in [0.2, 0.25) is 0 Å². The normalized spacial score (nSPS) is 20.9. The number of nitrogens with one attached hydrogen (secondary N) is 3. The van der Waals surface area contributed by atoms with E-state index in [-0.39, 0.29) is 11.4 Å². The molecule has 0 aromatic heterocycles. The van der Waals surface area contributed by atoms with Crippen molar-refractivity contribution in [2.45, 2.75) is 69.4 Å². The maximum atomic E-state index is 13.0. The number of benzene rings is 1. The highest BCUT2D eigenvalue weighted by Crippen LogP contribution is 2.26. The van der Waals surface area contributed by atoms with Gasteiger partial charge in [-0.25, -0.2) is 4.79 Å². The van der Waals surface area contributed by atoms with Gasteiger partial charge in [0.05, 0.1) is 19.6 Å². The van der Waals surface area contributed by atoms with Crippen molar-refractivity contribution in [2.75, 3.05) is 19.6 Å². The molecule has 5 N–H and O–H groups in total. The van der Waals surface area contributed by atoms with Crippen LogP contribution >= 0.6 is 0 Å². The molecule has 3 amide bonds. The predicted octanol–water partition coefficient (Wildman–Crippen LogP) is 1.15. The monoisotopic (exact) mass is 387 g/mol. The Bertz CT molecular complexity index is 637. The first-order chi connectivity index (χ1) is 13.6. The smallest absolute Gasteiger partial charge is 0.312 e. The fourth-order valence-electron chi connectivity index (χ4n) is 5.00. The molecule has 6 nitrogen and oxygen atoms in total. The van der Waals surface area contributed by atoms with Crippen molar-refractivity contribution in [3.8, 4) is 0 Å². The van der Waals surface area contributed by atoms with E-state index >= 15 is 0 Å². The van der Waals surface area contributed by atoms with Crippen molar-refractivity contribution >= 4 is 11.9 Å². The largest absolute Gasteiger partial charge is 0.352 e. The minimum absolute atomic E-state index is 0.135. The van der Waals surface area contributed by atoms with Gasteiger partial charge in [0, 0.05) is 19.3 Å². The molecule has 1 aromatic rings. The molecule has 1 saturated carbocycles. The number of quaternary nitrogens is 1. The van der Waals surface area contributed by atoms with E-state index in [4.69, 9.17) is 5.73 Å². The summed E-state index contributed by atoms with van der Waals surface area (Å²) in [6.07, 6.45) is 10.5. The quantitative estimate of drug-likeness (QED) is 0.566. The standard InChI is InChI=1S/C22H34N4O2/c23-21(28)25-19(16-18-10-4-1-5-11-18)20(27)24-17-22(12-6-2-7-13-22)26-14-8-3-9-15-26/h1,4-5,10-11,19H,2-3,6-9,12-17H2,(H,24,27)(H3,23,25,28)/p+1/t19-/m1/s1. The van der Waals surface area contributed by atoms with Gasteiger partial charge in [0.25, 0.3) is 0 Å². The van der Waals surface area contributed by atoms with E-state index < -0.39 is 12.1 Å². The van der Waals surface area contributed by atoms with Crippen molar-refractivity contribution in [1.29, 1.82) is 0 Å². The minimum atomic E-state index is -0.662. The summed E-state index contributed by atoms with van der Waals surface area (Å²) in [7, 11) is 0. The average Bonchev–Trinajstić information content (AvgIpc) is 2.73. The summed E-state index contributed by atoms with van der Waals surface area (Å²) in [4.78, 5) is 26.1. The molecule has 2 aliphatic rings. The highest BCUT2D eigenvalue weighted by molar-refractivity contribution is 5.86. The summed E-state index contributed by atoms with van der Waals surface area (Å²) in [5.41, 5.74) is 6.49. The van der Waals surface area contributed by atoms with Crippen LogP contribution in [0.5, 0.6) is 0 Å². The number of nitrogens with two attached hydrogens (primary N) is 1. The Hall–Kier alpha value is -2.08. The van der Waals surface area contributed by atoms with E-state index in [1.165, 1.54) is 64.5 Å². The molecule has 1 aliphatic heterocycles. The van der Waals surface area contributed by atoms with Gasteiger partial charge in [-0.3, -0.25) is 4.79 Å². The summed E-state index contributed by atoms with van der Waals surface area (Å²) < 4.78 is 0. The van der Waals surface area contributed by atoms with Gasteiger partial charge >= 0.3 is 6.03 Å². The number of carbonyl (C=O) groups excluding carboxylic acids is 2. The van der Waals surface area contributed by atoms with Crippen molar-refractivity contribution in [2.24, 2.45) is 5.73 Å². The predicted molar refractivity (Wildman–Crippen MR) is 110 cm³/mol. The topological polar surface area (TPSA) is 88.7 Å². The van der Waals surface area contributed by atoms with Gasteiger partial charge in [0.1, 0.15) is 11.6 Å². The van der Waals surface area contributed by atoms with Crippen molar-refractivity contribution < 1.29 is 14.5 Å². The van der Waals surface area contributed by atoms with Crippen LogP contribution < -0.4 is 21.3 Å². The van der Waals surface area contributed by atoms with Gasteiger partial charge in [0.15, 0.2) is 0 Å². The average molecular weight is 388 g/mol. The second-order valence-corrected chi connectivity index (χ2v) is 8.47. The molecule has 0 radical (unpaired) electrons. The van der Waals surface area contributed by atoms with E-state index in [9.17, 15) is 9.59 Å². The maximum Gasteiger partial charge on any atom is 0.312 e. The molecule has 0 bridgehead atoms. The number of likely N-dealkylation sites (tertiary alicyclic amines) is 1. The van der Waals surface area contributed by atoms with Crippen LogP contribution in [0.15, 0.2) is 30.3 Å². The van der Waals surface area contributed by atoms with Gasteiger partial charge in [0.2, 0.25) is 5.91 Å². The SMILES string of the molecule is NC(=O)N[C@H](Cc1ccccc1)C(=O)NCC1([NH+]2CCCCC2)CCCCC1. The Kier molecular flexibility index (Phi) is 7.31. The highest BCUT2D eigenvalue weighted by atomic mass is 16.2. The van der Waals surface area contributed by atoms with Crippen LogP contribution in [0.4, 0.5) is 4.79 Å². The number of hydrogen-bond donors (Lipinski definition) is 4. The Balaban J connectivity index is 1.65. The first-order valence-corrected chi connectivity index (χ1v) is 10.8. The Morgan fingerprint density at radius 3 is 2.29 bits per heavy atom. The van der Waals surface area contributed by atoms with E-state index in [1.807, 2.05) is 30.3 Å². The Labute approximate surface area is 168 Å². The Morgan fingerprint density at radius 1 is 1.00 bits per heavy atom. The second kappa shape index (κ2) is 9.92.